The van der Waals surface area contributed by atoms with Crippen molar-refractivity contribution in [1.82, 2.24) is 4.98 Å². The van der Waals surface area contributed by atoms with Gasteiger partial charge in [0.2, 0.25) is 5.88 Å². The number of rotatable bonds is 4. The van der Waals surface area contributed by atoms with Gasteiger partial charge in [0.15, 0.2) is 0 Å². The lowest BCUT2D eigenvalue weighted by Gasteiger charge is -2.11. The van der Waals surface area contributed by atoms with Crippen LogP contribution in [0.25, 0.3) is 0 Å². The molecule has 1 rings (SSSR count). The van der Waals surface area contributed by atoms with Crippen molar-refractivity contribution >= 4 is 0 Å². The van der Waals surface area contributed by atoms with Crippen LogP contribution in [0.1, 0.15) is 23.2 Å². The predicted molar refractivity (Wildman–Crippen MR) is 53.0 cm³/mol. The zero-order valence-electron chi connectivity index (χ0n) is 8.70. The summed E-state index contributed by atoms with van der Waals surface area (Å²) in [5, 5.41) is 8.56. The number of nitrogens with zero attached hydrogens (tertiary/aromatic N) is 2. The van der Waals surface area contributed by atoms with Gasteiger partial charge >= 0.3 is 0 Å². The van der Waals surface area contributed by atoms with Gasteiger partial charge in [0.05, 0.1) is 30.9 Å². The minimum atomic E-state index is -2.69. The summed E-state index contributed by atoms with van der Waals surface area (Å²) >= 11 is 0. The molecular formula is C10H11F2N3O. The van der Waals surface area contributed by atoms with E-state index in [0.717, 1.165) is 0 Å². The molecule has 0 bridgehead atoms. The summed E-state index contributed by atoms with van der Waals surface area (Å²) in [6.07, 6.45) is -2.69. The maximum atomic E-state index is 12.6. The van der Waals surface area contributed by atoms with E-state index in [1.165, 1.54) is 13.2 Å². The van der Waals surface area contributed by atoms with Crippen LogP contribution in [-0.4, -0.2) is 12.1 Å². The average molecular weight is 227 g/mol. The van der Waals surface area contributed by atoms with Gasteiger partial charge in [-0.2, -0.15) is 5.26 Å². The van der Waals surface area contributed by atoms with Crippen molar-refractivity contribution in [2.75, 3.05) is 7.11 Å². The number of aromatic nitrogens is 1. The fourth-order valence-corrected chi connectivity index (χ4v) is 1.33. The zero-order valence-corrected chi connectivity index (χ0v) is 8.70. The fourth-order valence-electron chi connectivity index (χ4n) is 1.33. The molecule has 1 aromatic rings. The topological polar surface area (TPSA) is 71.9 Å². The summed E-state index contributed by atoms with van der Waals surface area (Å²) in [6, 6.07) is 3.11. The molecule has 0 saturated carbocycles. The van der Waals surface area contributed by atoms with E-state index in [2.05, 4.69) is 4.98 Å². The van der Waals surface area contributed by atoms with Gasteiger partial charge in [-0.15, -0.1) is 0 Å². The van der Waals surface area contributed by atoms with E-state index in [1.54, 1.807) is 0 Å². The van der Waals surface area contributed by atoms with Gasteiger partial charge in [-0.1, -0.05) is 0 Å². The molecule has 0 aromatic carbocycles. The molecule has 0 amide bonds. The first kappa shape index (κ1) is 12.3. The van der Waals surface area contributed by atoms with E-state index in [4.69, 9.17) is 15.7 Å². The van der Waals surface area contributed by atoms with Crippen LogP contribution in [0.4, 0.5) is 8.78 Å². The number of ether oxygens (including phenoxy) is 1. The quantitative estimate of drug-likeness (QED) is 0.847. The number of hydrogen-bond donors (Lipinski definition) is 1. The summed E-state index contributed by atoms with van der Waals surface area (Å²) in [5.74, 6) is -0.142. The number of hydrogen-bond acceptors (Lipinski definition) is 4. The van der Waals surface area contributed by atoms with E-state index in [9.17, 15) is 8.78 Å². The third-order valence-corrected chi connectivity index (χ3v) is 2.08. The summed E-state index contributed by atoms with van der Waals surface area (Å²) < 4.78 is 30.0. The summed E-state index contributed by atoms with van der Waals surface area (Å²) in [6.45, 7) is 0.0802. The van der Waals surface area contributed by atoms with Crippen LogP contribution >= 0.6 is 0 Å². The smallest absolute Gasteiger partial charge is 0.269 e. The molecule has 0 aliphatic heterocycles. The summed E-state index contributed by atoms with van der Waals surface area (Å²) in [5.41, 5.74) is 5.92. The van der Waals surface area contributed by atoms with Crippen molar-refractivity contribution in [3.63, 3.8) is 0 Å². The normalized spacial score (nSPS) is 10.2. The monoisotopic (exact) mass is 227 g/mol. The van der Waals surface area contributed by atoms with Crippen LogP contribution in [0.2, 0.25) is 0 Å². The summed E-state index contributed by atoms with van der Waals surface area (Å²) in [4.78, 5) is 3.87. The number of methoxy groups -OCH3 is 1. The number of alkyl halides is 2. The van der Waals surface area contributed by atoms with Crippen LogP contribution in [0, 0.1) is 11.3 Å². The minimum Gasteiger partial charge on any atom is -0.481 e. The van der Waals surface area contributed by atoms with Crippen LogP contribution in [-0.2, 0) is 13.0 Å². The Hall–Kier alpha value is -1.74. The number of nitriles is 1. The van der Waals surface area contributed by atoms with E-state index < -0.39 is 6.43 Å². The van der Waals surface area contributed by atoms with E-state index in [0.29, 0.717) is 11.3 Å². The van der Waals surface area contributed by atoms with Gasteiger partial charge in [0.25, 0.3) is 6.43 Å². The van der Waals surface area contributed by atoms with E-state index in [1.807, 2.05) is 6.07 Å². The van der Waals surface area contributed by atoms with Crippen molar-refractivity contribution in [3.05, 3.63) is 22.9 Å². The number of halogens is 2. The molecule has 0 radical (unpaired) electrons. The Morgan fingerprint density at radius 1 is 1.62 bits per heavy atom. The molecule has 0 atom stereocenters. The van der Waals surface area contributed by atoms with Crippen LogP contribution in [0.5, 0.6) is 5.88 Å². The summed E-state index contributed by atoms with van der Waals surface area (Å²) in [7, 11) is 1.26. The lowest BCUT2D eigenvalue weighted by atomic mass is 10.1. The fraction of sp³-hybridized carbons (Fsp3) is 0.400. The second-order valence-electron chi connectivity index (χ2n) is 3.03. The van der Waals surface area contributed by atoms with Gasteiger partial charge in [0.1, 0.15) is 0 Å². The molecule has 6 heteroatoms. The maximum Gasteiger partial charge on any atom is 0.269 e. The maximum absolute atomic E-state index is 12.6. The van der Waals surface area contributed by atoms with Gasteiger partial charge < -0.3 is 10.5 Å². The molecular weight excluding hydrogens is 216 g/mol. The molecule has 4 nitrogen and oxygen atoms in total. The molecule has 0 aliphatic rings. The number of pyridine rings is 1. The third-order valence-electron chi connectivity index (χ3n) is 2.08. The van der Waals surface area contributed by atoms with Gasteiger partial charge in [-0.05, 0) is 11.6 Å². The molecule has 0 saturated heterocycles. The minimum absolute atomic E-state index is 0.00322. The van der Waals surface area contributed by atoms with Crippen LogP contribution in [0.15, 0.2) is 6.07 Å². The second-order valence-corrected chi connectivity index (χ2v) is 3.03. The Morgan fingerprint density at radius 2 is 2.31 bits per heavy atom. The highest BCUT2D eigenvalue weighted by Gasteiger charge is 2.18. The molecule has 0 spiro atoms. The lowest BCUT2D eigenvalue weighted by Crippen LogP contribution is -2.08. The molecule has 1 aromatic heterocycles. The largest absolute Gasteiger partial charge is 0.481 e. The molecule has 1 heterocycles. The second kappa shape index (κ2) is 5.37. The van der Waals surface area contributed by atoms with Gasteiger partial charge in [0, 0.05) is 6.54 Å². The van der Waals surface area contributed by atoms with Crippen molar-refractivity contribution in [3.8, 4) is 11.9 Å². The van der Waals surface area contributed by atoms with Crippen molar-refractivity contribution < 1.29 is 13.5 Å². The molecule has 0 unspecified atom stereocenters. The predicted octanol–water partition coefficient (Wildman–Crippen LogP) is 1.55. The Kier molecular flexibility index (Phi) is 4.14. The SMILES string of the molecule is COc1nc(CN)c(CC#N)cc1C(F)F. The Morgan fingerprint density at radius 3 is 2.75 bits per heavy atom. The zero-order chi connectivity index (χ0) is 12.1. The van der Waals surface area contributed by atoms with Crippen LogP contribution < -0.4 is 10.5 Å². The van der Waals surface area contributed by atoms with Crippen LogP contribution in [0.3, 0.4) is 0 Å². The molecule has 86 valence electrons. The average Bonchev–Trinajstić information content (AvgIpc) is 2.28. The first-order valence-electron chi connectivity index (χ1n) is 4.55. The highest BCUT2D eigenvalue weighted by atomic mass is 19.3. The van der Waals surface area contributed by atoms with E-state index in [-0.39, 0.29) is 24.4 Å². The van der Waals surface area contributed by atoms with Gasteiger partial charge in [-0.25, -0.2) is 13.8 Å². The number of nitrogens with two attached hydrogens (primary N) is 1. The first-order chi connectivity index (χ1) is 7.63. The Balaban J connectivity index is 3.30. The highest BCUT2D eigenvalue weighted by Crippen LogP contribution is 2.29. The van der Waals surface area contributed by atoms with Crippen molar-refractivity contribution in [1.29, 1.82) is 5.26 Å². The molecule has 0 fully saturated rings. The highest BCUT2D eigenvalue weighted by molar-refractivity contribution is 5.36. The molecule has 0 aliphatic carbocycles. The van der Waals surface area contributed by atoms with E-state index >= 15 is 0 Å². The van der Waals surface area contributed by atoms with Gasteiger partial charge in [-0.3, -0.25) is 0 Å². The standard InChI is InChI=1S/C10H11F2N3O/c1-16-10-7(9(11)12)4-6(2-3-13)8(5-14)15-10/h4,9H,2,5,14H2,1H3. The van der Waals surface area contributed by atoms with Crippen molar-refractivity contribution in [2.45, 2.75) is 19.4 Å². The molecule has 2 N–H and O–H groups in total. The third kappa shape index (κ3) is 2.44. The van der Waals surface area contributed by atoms with Crippen molar-refractivity contribution in [2.24, 2.45) is 5.73 Å². The lowest BCUT2D eigenvalue weighted by molar-refractivity contribution is 0.146. The Labute approximate surface area is 91.7 Å². The Bertz CT molecular complexity index is 415. The first-order valence-corrected chi connectivity index (χ1v) is 4.55. The molecule has 16 heavy (non-hydrogen) atoms.